The van der Waals surface area contributed by atoms with Gasteiger partial charge >= 0.3 is 5.97 Å². The third-order valence-corrected chi connectivity index (χ3v) is 1.19. The van der Waals surface area contributed by atoms with E-state index in [-0.39, 0.29) is 0 Å². The van der Waals surface area contributed by atoms with Gasteiger partial charge in [-0.1, -0.05) is 0 Å². The van der Waals surface area contributed by atoms with Crippen LogP contribution in [-0.2, 0) is 4.79 Å². The molecular formula is C7H12N2O2. The van der Waals surface area contributed by atoms with Crippen LogP contribution in [0.1, 0.15) is 19.3 Å². The van der Waals surface area contributed by atoms with Crippen LogP contribution in [0.25, 0.3) is 0 Å². The molecule has 62 valence electrons. The van der Waals surface area contributed by atoms with Gasteiger partial charge in [0, 0.05) is 0 Å². The lowest BCUT2D eigenvalue weighted by Gasteiger charge is -1.76. The molecular weight excluding hydrogens is 144 g/mol. The van der Waals surface area contributed by atoms with Gasteiger partial charge in [0.25, 0.3) is 0 Å². The first-order valence-electron chi connectivity index (χ1n) is 3.57. The molecule has 0 aromatic heterocycles. The van der Waals surface area contributed by atoms with Gasteiger partial charge in [0.2, 0.25) is 0 Å². The number of hydrogen-bond acceptors (Lipinski definition) is 3. The number of carbonyl (C=O) groups is 1. The van der Waals surface area contributed by atoms with E-state index in [0.29, 0.717) is 0 Å². The van der Waals surface area contributed by atoms with Crippen LogP contribution >= 0.6 is 0 Å². The molecule has 0 radical (unpaired) electrons. The van der Waals surface area contributed by atoms with Crippen molar-refractivity contribution in [2.24, 2.45) is 0 Å². The normalized spacial score (nSPS) is 14.5. The highest BCUT2D eigenvalue weighted by Gasteiger charge is 1.93. The van der Waals surface area contributed by atoms with Crippen molar-refractivity contribution in [3.63, 3.8) is 0 Å². The van der Waals surface area contributed by atoms with E-state index in [1.807, 2.05) is 0 Å². The highest BCUT2D eigenvalue weighted by atomic mass is 16.4. The molecule has 0 unspecified atom stereocenters. The molecule has 4 heteroatoms. The molecule has 0 aromatic carbocycles. The fourth-order valence-corrected chi connectivity index (χ4v) is 0.693. The topological polar surface area (TPSA) is 73.1 Å². The maximum Gasteiger partial charge on any atom is 0.317 e. The standard InChI is InChI=1S/C4H9N.C3H3NO2/c1-2-4-5-3-1;4-2-1-3(5)6/h5H,1-4H2;1H2,(H,5,6). The summed E-state index contributed by atoms with van der Waals surface area (Å²) >= 11 is 0. The lowest BCUT2D eigenvalue weighted by molar-refractivity contribution is -0.135. The predicted molar refractivity (Wildman–Crippen MR) is 40.0 cm³/mol. The van der Waals surface area contributed by atoms with Crippen LogP contribution in [0.2, 0.25) is 0 Å². The summed E-state index contributed by atoms with van der Waals surface area (Å²) in [6, 6.07) is 1.47. The van der Waals surface area contributed by atoms with Gasteiger partial charge < -0.3 is 10.4 Å². The van der Waals surface area contributed by atoms with E-state index in [0.717, 1.165) is 0 Å². The molecule has 1 aliphatic rings. The van der Waals surface area contributed by atoms with Crippen molar-refractivity contribution in [1.82, 2.24) is 5.32 Å². The number of nitriles is 1. The summed E-state index contributed by atoms with van der Waals surface area (Å²) in [7, 11) is 0. The number of hydrogen-bond donors (Lipinski definition) is 2. The van der Waals surface area contributed by atoms with Crippen molar-refractivity contribution in [3.05, 3.63) is 0 Å². The molecule has 0 aromatic rings. The van der Waals surface area contributed by atoms with Gasteiger partial charge in [-0.05, 0) is 25.9 Å². The van der Waals surface area contributed by atoms with Crippen LogP contribution in [0.3, 0.4) is 0 Å². The number of nitrogens with zero attached hydrogens (tertiary/aromatic N) is 1. The number of nitrogens with one attached hydrogen (secondary N) is 1. The van der Waals surface area contributed by atoms with Gasteiger partial charge in [0.15, 0.2) is 0 Å². The van der Waals surface area contributed by atoms with Crippen LogP contribution in [-0.4, -0.2) is 24.2 Å². The Hall–Kier alpha value is -1.08. The largest absolute Gasteiger partial charge is 0.480 e. The molecule has 0 amide bonds. The first-order valence-corrected chi connectivity index (χ1v) is 3.57. The fraction of sp³-hybridized carbons (Fsp3) is 0.714. The summed E-state index contributed by atoms with van der Waals surface area (Å²) < 4.78 is 0. The van der Waals surface area contributed by atoms with E-state index in [4.69, 9.17) is 10.4 Å². The summed E-state index contributed by atoms with van der Waals surface area (Å²) in [5.41, 5.74) is 0. The zero-order valence-corrected chi connectivity index (χ0v) is 6.34. The fourth-order valence-electron chi connectivity index (χ4n) is 0.693. The molecule has 11 heavy (non-hydrogen) atoms. The van der Waals surface area contributed by atoms with Crippen molar-refractivity contribution in [2.45, 2.75) is 19.3 Å². The van der Waals surface area contributed by atoms with E-state index in [9.17, 15) is 4.79 Å². The number of carboxylic acids is 1. The van der Waals surface area contributed by atoms with Gasteiger partial charge in [-0.3, -0.25) is 4.79 Å². The van der Waals surface area contributed by atoms with Crippen LogP contribution < -0.4 is 5.32 Å². The van der Waals surface area contributed by atoms with E-state index in [1.54, 1.807) is 0 Å². The SMILES string of the molecule is C1CCNC1.N#CCC(=O)O. The molecule has 0 aliphatic carbocycles. The minimum Gasteiger partial charge on any atom is -0.480 e. The van der Waals surface area contributed by atoms with Crippen molar-refractivity contribution in [2.75, 3.05) is 13.1 Å². The Morgan fingerprint density at radius 2 is 2.09 bits per heavy atom. The van der Waals surface area contributed by atoms with E-state index >= 15 is 0 Å². The Labute approximate surface area is 65.8 Å². The Morgan fingerprint density at radius 3 is 2.18 bits per heavy atom. The van der Waals surface area contributed by atoms with Crippen LogP contribution in [0.15, 0.2) is 0 Å². The lowest BCUT2D eigenvalue weighted by Crippen LogP contribution is -2.03. The quantitative estimate of drug-likeness (QED) is 0.574. The molecule has 1 aliphatic heterocycles. The van der Waals surface area contributed by atoms with E-state index in [1.165, 1.54) is 32.0 Å². The molecule has 1 saturated heterocycles. The van der Waals surface area contributed by atoms with Crippen molar-refractivity contribution < 1.29 is 9.90 Å². The van der Waals surface area contributed by atoms with Gasteiger partial charge in [0.05, 0.1) is 6.07 Å². The van der Waals surface area contributed by atoms with Gasteiger partial charge in [0.1, 0.15) is 6.42 Å². The highest BCUT2D eigenvalue weighted by Crippen LogP contribution is 1.90. The summed E-state index contributed by atoms with van der Waals surface area (Å²) in [5.74, 6) is -1.07. The molecule has 1 rings (SSSR count). The predicted octanol–water partition coefficient (Wildman–Crippen LogP) is 0.354. The highest BCUT2D eigenvalue weighted by molar-refractivity contribution is 5.69. The second-order valence-electron chi connectivity index (χ2n) is 2.19. The molecule has 4 nitrogen and oxygen atoms in total. The molecule has 0 spiro atoms. The maximum absolute atomic E-state index is 9.38. The number of aliphatic carboxylic acids is 1. The second kappa shape index (κ2) is 7.03. The monoisotopic (exact) mass is 156 g/mol. The van der Waals surface area contributed by atoms with Crippen LogP contribution in [0.5, 0.6) is 0 Å². The summed E-state index contributed by atoms with van der Waals surface area (Å²) in [5, 5.41) is 18.5. The average molecular weight is 156 g/mol. The van der Waals surface area contributed by atoms with Crippen molar-refractivity contribution in [1.29, 1.82) is 5.26 Å². The maximum atomic E-state index is 9.38. The Balaban J connectivity index is 0.000000183. The van der Waals surface area contributed by atoms with E-state index in [2.05, 4.69) is 5.32 Å². The third kappa shape index (κ3) is 8.92. The Kier molecular flexibility index (Phi) is 6.34. The number of rotatable bonds is 1. The third-order valence-electron chi connectivity index (χ3n) is 1.19. The smallest absolute Gasteiger partial charge is 0.317 e. The molecule has 2 N–H and O–H groups in total. The zero-order chi connectivity index (χ0) is 8.53. The van der Waals surface area contributed by atoms with Crippen molar-refractivity contribution in [3.8, 4) is 6.07 Å². The van der Waals surface area contributed by atoms with E-state index < -0.39 is 12.4 Å². The van der Waals surface area contributed by atoms with Crippen molar-refractivity contribution >= 4 is 5.97 Å². The first kappa shape index (κ1) is 9.92. The van der Waals surface area contributed by atoms with Crippen LogP contribution in [0, 0.1) is 11.3 Å². The molecule has 0 bridgehead atoms. The Bertz CT molecular complexity index is 139. The Morgan fingerprint density at radius 1 is 1.55 bits per heavy atom. The van der Waals surface area contributed by atoms with Gasteiger partial charge in [-0.15, -0.1) is 0 Å². The minimum atomic E-state index is -1.07. The van der Waals surface area contributed by atoms with Gasteiger partial charge in [-0.2, -0.15) is 5.26 Å². The summed E-state index contributed by atoms with van der Waals surface area (Å²) in [6.45, 7) is 2.50. The van der Waals surface area contributed by atoms with Crippen LogP contribution in [0.4, 0.5) is 0 Å². The lowest BCUT2D eigenvalue weighted by atomic mass is 10.4. The molecule has 1 fully saturated rings. The average Bonchev–Trinajstić information content (AvgIpc) is 2.41. The van der Waals surface area contributed by atoms with Gasteiger partial charge in [-0.25, -0.2) is 0 Å². The zero-order valence-electron chi connectivity index (χ0n) is 6.34. The first-order chi connectivity index (χ1) is 5.27. The summed E-state index contributed by atoms with van der Waals surface area (Å²) in [6.07, 6.45) is 2.38. The summed E-state index contributed by atoms with van der Waals surface area (Å²) in [4.78, 5) is 9.38. The molecule has 1 heterocycles. The molecule has 0 atom stereocenters. The number of carboxylic acid groups (broad SMARTS) is 1. The minimum absolute atomic E-state index is 0.403. The molecule has 0 saturated carbocycles. The second-order valence-corrected chi connectivity index (χ2v) is 2.19.